The number of carbonyl (C=O) groups excluding carboxylic acids is 1. The summed E-state index contributed by atoms with van der Waals surface area (Å²) < 4.78 is 6.87. The number of ether oxygens (including phenoxy) is 1. The standard InChI is InChI=1S/C16H19N3O4/c1-12-5-2-3-6-13(12)23-10-4-7-15(20)17-14-8-9-19(18-14)11-16(21)22/h2-3,5-6,8-9H,4,7,10-11H2,1H3,(H,21,22)(H,17,18,20). The number of aryl methyl sites for hydroxylation is 1. The Labute approximate surface area is 133 Å². The molecular weight excluding hydrogens is 298 g/mol. The summed E-state index contributed by atoms with van der Waals surface area (Å²) in [6.45, 7) is 2.18. The van der Waals surface area contributed by atoms with Gasteiger partial charge in [-0.15, -0.1) is 0 Å². The summed E-state index contributed by atoms with van der Waals surface area (Å²) in [6, 6.07) is 9.27. The first-order chi connectivity index (χ1) is 11.0. The topological polar surface area (TPSA) is 93.5 Å². The van der Waals surface area contributed by atoms with E-state index in [2.05, 4.69) is 10.4 Å². The van der Waals surface area contributed by atoms with Crippen LogP contribution in [-0.2, 0) is 16.1 Å². The van der Waals surface area contributed by atoms with Crippen molar-refractivity contribution in [2.24, 2.45) is 0 Å². The summed E-state index contributed by atoms with van der Waals surface area (Å²) in [6.07, 6.45) is 2.39. The van der Waals surface area contributed by atoms with Crippen LogP contribution in [0.15, 0.2) is 36.5 Å². The molecule has 0 saturated carbocycles. The number of anilines is 1. The Morgan fingerprint density at radius 1 is 1.30 bits per heavy atom. The molecule has 0 unspecified atom stereocenters. The molecule has 2 aromatic rings. The quantitative estimate of drug-likeness (QED) is 0.727. The summed E-state index contributed by atoms with van der Waals surface area (Å²) in [7, 11) is 0. The monoisotopic (exact) mass is 317 g/mol. The normalized spacial score (nSPS) is 10.3. The highest BCUT2D eigenvalue weighted by molar-refractivity contribution is 5.89. The first kappa shape index (κ1) is 16.5. The minimum Gasteiger partial charge on any atom is -0.493 e. The SMILES string of the molecule is Cc1ccccc1OCCCC(=O)Nc1ccn(CC(=O)O)n1. The first-order valence-corrected chi connectivity index (χ1v) is 7.28. The summed E-state index contributed by atoms with van der Waals surface area (Å²) in [5, 5.41) is 15.2. The van der Waals surface area contributed by atoms with Gasteiger partial charge in [-0.05, 0) is 25.0 Å². The van der Waals surface area contributed by atoms with Gasteiger partial charge >= 0.3 is 5.97 Å². The molecule has 1 amide bonds. The smallest absolute Gasteiger partial charge is 0.325 e. The van der Waals surface area contributed by atoms with Gasteiger partial charge in [0.25, 0.3) is 0 Å². The van der Waals surface area contributed by atoms with E-state index >= 15 is 0 Å². The van der Waals surface area contributed by atoms with Crippen LogP contribution in [0.2, 0.25) is 0 Å². The van der Waals surface area contributed by atoms with E-state index < -0.39 is 5.97 Å². The van der Waals surface area contributed by atoms with Gasteiger partial charge in [-0.25, -0.2) is 0 Å². The lowest BCUT2D eigenvalue weighted by atomic mass is 10.2. The number of nitrogens with one attached hydrogen (secondary N) is 1. The van der Waals surface area contributed by atoms with E-state index in [1.807, 2.05) is 31.2 Å². The number of carboxylic acid groups (broad SMARTS) is 1. The number of hydrogen-bond donors (Lipinski definition) is 2. The second kappa shape index (κ2) is 7.98. The third-order valence-electron chi connectivity index (χ3n) is 3.10. The second-order valence-electron chi connectivity index (χ2n) is 5.06. The number of carbonyl (C=O) groups is 2. The molecule has 23 heavy (non-hydrogen) atoms. The van der Waals surface area contributed by atoms with Crippen LogP contribution < -0.4 is 10.1 Å². The number of carboxylic acids is 1. The van der Waals surface area contributed by atoms with Gasteiger partial charge < -0.3 is 15.2 Å². The average Bonchev–Trinajstić information content (AvgIpc) is 2.91. The molecule has 2 N–H and O–H groups in total. The average molecular weight is 317 g/mol. The Hall–Kier alpha value is -2.83. The zero-order chi connectivity index (χ0) is 16.7. The fraction of sp³-hybridized carbons (Fsp3) is 0.312. The van der Waals surface area contributed by atoms with E-state index in [-0.39, 0.29) is 12.5 Å². The van der Waals surface area contributed by atoms with E-state index in [1.54, 1.807) is 6.07 Å². The van der Waals surface area contributed by atoms with Crippen molar-refractivity contribution in [2.45, 2.75) is 26.3 Å². The van der Waals surface area contributed by atoms with Crippen LogP contribution in [0.25, 0.3) is 0 Å². The molecule has 1 aromatic carbocycles. The van der Waals surface area contributed by atoms with Gasteiger partial charge in [0.1, 0.15) is 12.3 Å². The lowest BCUT2D eigenvalue weighted by Gasteiger charge is -2.08. The van der Waals surface area contributed by atoms with Crippen molar-refractivity contribution < 1.29 is 19.4 Å². The van der Waals surface area contributed by atoms with Crippen LogP contribution >= 0.6 is 0 Å². The number of hydrogen-bond acceptors (Lipinski definition) is 4. The molecule has 0 aliphatic rings. The maximum Gasteiger partial charge on any atom is 0.325 e. The molecular formula is C16H19N3O4. The zero-order valence-electron chi connectivity index (χ0n) is 12.9. The summed E-state index contributed by atoms with van der Waals surface area (Å²) >= 11 is 0. The summed E-state index contributed by atoms with van der Waals surface area (Å²) in [5.41, 5.74) is 1.06. The van der Waals surface area contributed by atoms with Gasteiger partial charge in [0.05, 0.1) is 6.61 Å². The lowest BCUT2D eigenvalue weighted by Crippen LogP contribution is -2.14. The third-order valence-corrected chi connectivity index (χ3v) is 3.10. The Balaban J connectivity index is 1.70. The van der Waals surface area contributed by atoms with Crippen LogP contribution in [-0.4, -0.2) is 33.4 Å². The van der Waals surface area contributed by atoms with Gasteiger partial charge in [-0.1, -0.05) is 18.2 Å². The molecule has 0 aliphatic heterocycles. The summed E-state index contributed by atoms with van der Waals surface area (Å²) in [5.74, 6) is -0.00492. The largest absolute Gasteiger partial charge is 0.493 e. The van der Waals surface area contributed by atoms with E-state index in [0.29, 0.717) is 25.3 Å². The predicted octanol–water partition coefficient (Wildman–Crippen LogP) is 2.07. The highest BCUT2D eigenvalue weighted by Gasteiger charge is 2.07. The number of para-hydroxylation sites is 1. The highest BCUT2D eigenvalue weighted by atomic mass is 16.5. The van der Waals surface area contributed by atoms with Crippen molar-refractivity contribution in [1.82, 2.24) is 9.78 Å². The predicted molar refractivity (Wildman–Crippen MR) is 84.4 cm³/mol. The van der Waals surface area contributed by atoms with Gasteiger partial charge in [0.2, 0.25) is 5.91 Å². The Kier molecular flexibility index (Phi) is 5.74. The number of nitrogens with zero attached hydrogens (tertiary/aromatic N) is 2. The van der Waals surface area contributed by atoms with Crippen LogP contribution in [0.1, 0.15) is 18.4 Å². The van der Waals surface area contributed by atoms with E-state index in [4.69, 9.17) is 9.84 Å². The molecule has 0 fully saturated rings. The number of rotatable bonds is 8. The third kappa shape index (κ3) is 5.46. The van der Waals surface area contributed by atoms with Crippen molar-refractivity contribution in [3.05, 3.63) is 42.1 Å². The van der Waals surface area contributed by atoms with Crippen molar-refractivity contribution in [1.29, 1.82) is 0 Å². The fourth-order valence-electron chi connectivity index (χ4n) is 1.99. The molecule has 7 nitrogen and oxygen atoms in total. The molecule has 0 spiro atoms. The molecule has 2 rings (SSSR count). The van der Waals surface area contributed by atoms with Gasteiger partial charge in [0.15, 0.2) is 5.82 Å². The maximum atomic E-state index is 11.8. The highest BCUT2D eigenvalue weighted by Crippen LogP contribution is 2.16. The number of aliphatic carboxylic acids is 1. The van der Waals surface area contributed by atoms with Crippen molar-refractivity contribution in [3.63, 3.8) is 0 Å². The van der Waals surface area contributed by atoms with Crippen LogP contribution in [0.3, 0.4) is 0 Å². The second-order valence-corrected chi connectivity index (χ2v) is 5.06. The number of aromatic nitrogens is 2. The minimum absolute atomic E-state index is 0.182. The number of benzene rings is 1. The molecule has 1 aromatic heterocycles. The van der Waals surface area contributed by atoms with Gasteiger partial charge in [-0.3, -0.25) is 14.3 Å². The number of amides is 1. The molecule has 1 heterocycles. The molecule has 122 valence electrons. The maximum absolute atomic E-state index is 11.8. The molecule has 0 aliphatic carbocycles. The first-order valence-electron chi connectivity index (χ1n) is 7.28. The van der Waals surface area contributed by atoms with Crippen LogP contribution in [0.5, 0.6) is 5.75 Å². The Morgan fingerprint density at radius 2 is 2.09 bits per heavy atom. The van der Waals surface area contributed by atoms with E-state index in [0.717, 1.165) is 11.3 Å². The summed E-state index contributed by atoms with van der Waals surface area (Å²) in [4.78, 5) is 22.3. The zero-order valence-corrected chi connectivity index (χ0v) is 12.9. The van der Waals surface area contributed by atoms with E-state index in [1.165, 1.54) is 10.9 Å². The van der Waals surface area contributed by atoms with Crippen molar-refractivity contribution in [2.75, 3.05) is 11.9 Å². The van der Waals surface area contributed by atoms with Crippen molar-refractivity contribution in [3.8, 4) is 5.75 Å². The van der Waals surface area contributed by atoms with Crippen LogP contribution in [0, 0.1) is 6.92 Å². The van der Waals surface area contributed by atoms with E-state index in [9.17, 15) is 9.59 Å². The van der Waals surface area contributed by atoms with Gasteiger partial charge in [-0.2, -0.15) is 5.10 Å². The fourth-order valence-corrected chi connectivity index (χ4v) is 1.99. The molecule has 7 heteroatoms. The van der Waals surface area contributed by atoms with Gasteiger partial charge in [0, 0.05) is 18.7 Å². The minimum atomic E-state index is -0.987. The molecule has 0 atom stereocenters. The molecule has 0 saturated heterocycles. The molecule has 0 bridgehead atoms. The van der Waals surface area contributed by atoms with Crippen molar-refractivity contribution >= 4 is 17.7 Å². The lowest BCUT2D eigenvalue weighted by molar-refractivity contribution is -0.137. The Bertz CT molecular complexity index is 681. The van der Waals surface area contributed by atoms with Crippen LogP contribution in [0.4, 0.5) is 5.82 Å². The molecule has 0 radical (unpaired) electrons. The Morgan fingerprint density at radius 3 is 2.83 bits per heavy atom.